The highest BCUT2D eigenvalue weighted by Crippen LogP contribution is 2.27. The highest BCUT2D eigenvalue weighted by atomic mass is 16.5. The van der Waals surface area contributed by atoms with Crippen LogP contribution in [0.25, 0.3) is 0 Å². The van der Waals surface area contributed by atoms with E-state index in [1.807, 2.05) is 70.2 Å². The van der Waals surface area contributed by atoms with E-state index < -0.39 is 0 Å². The molecule has 0 amide bonds. The van der Waals surface area contributed by atoms with Crippen LogP contribution in [0.1, 0.15) is 44.7 Å². The van der Waals surface area contributed by atoms with Gasteiger partial charge in [0, 0.05) is 6.07 Å². The van der Waals surface area contributed by atoms with Crippen molar-refractivity contribution in [1.29, 1.82) is 0 Å². The van der Waals surface area contributed by atoms with Crippen molar-refractivity contribution in [3.8, 4) is 17.2 Å². The summed E-state index contributed by atoms with van der Waals surface area (Å²) in [6, 6.07) is 13.3. The first-order chi connectivity index (χ1) is 14.6. The van der Waals surface area contributed by atoms with Crippen LogP contribution in [0.5, 0.6) is 17.2 Å². The van der Waals surface area contributed by atoms with Crippen LogP contribution in [0.15, 0.2) is 66.3 Å². The number of hydrogen-bond acceptors (Lipinski definition) is 4. The normalized spacial score (nSPS) is 12.3. The monoisotopic (exact) mass is 408 g/mol. The minimum atomic E-state index is -0.215. The number of hydrogen-bond donors (Lipinski definition) is 0. The minimum absolute atomic E-state index is 0.215. The summed E-state index contributed by atoms with van der Waals surface area (Å²) in [5.74, 6) is 2.01. The van der Waals surface area contributed by atoms with Crippen molar-refractivity contribution < 1.29 is 19.0 Å². The van der Waals surface area contributed by atoms with Crippen LogP contribution < -0.4 is 9.47 Å². The number of ether oxygens (including phenoxy) is 3. The number of benzene rings is 2. The van der Waals surface area contributed by atoms with E-state index in [1.165, 1.54) is 5.57 Å². The highest BCUT2D eigenvalue weighted by molar-refractivity contribution is 5.73. The van der Waals surface area contributed by atoms with Crippen LogP contribution in [-0.4, -0.2) is 19.2 Å². The lowest BCUT2D eigenvalue weighted by molar-refractivity contribution is -0.142. The molecule has 0 aliphatic heterocycles. The molecule has 2 aromatic carbocycles. The van der Waals surface area contributed by atoms with Gasteiger partial charge in [0.1, 0.15) is 23.9 Å². The topological polar surface area (TPSA) is 44.8 Å². The zero-order valence-electron chi connectivity index (χ0n) is 18.4. The average molecular weight is 409 g/mol. The maximum atomic E-state index is 11.7. The van der Waals surface area contributed by atoms with Crippen molar-refractivity contribution in [2.75, 3.05) is 13.2 Å². The van der Waals surface area contributed by atoms with Crippen LogP contribution in [-0.2, 0) is 16.0 Å². The molecule has 0 fully saturated rings. The van der Waals surface area contributed by atoms with Crippen LogP contribution >= 0.6 is 0 Å². The van der Waals surface area contributed by atoms with Gasteiger partial charge in [-0.3, -0.25) is 4.79 Å². The fourth-order valence-corrected chi connectivity index (χ4v) is 3.01. The Kier molecular flexibility index (Phi) is 9.72. The van der Waals surface area contributed by atoms with Gasteiger partial charge in [-0.15, -0.1) is 0 Å². The van der Waals surface area contributed by atoms with E-state index in [4.69, 9.17) is 14.2 Å². The first-order valence-electron chi connectivity index (χ1n) is 10.6. The number of aryl methyl sites for hydroxylation is 1. The van der Waals surface area contributed by atoms with Gasteiger partial charge in [-0.05, 0) is 67.7 Å². The van der Waals surface area contributed by atoms with E-state index >= 15 is 0 Å². The Morgan fingerprint density at radius 1 is 1.03 bits per heavy atom. The Balaban J connectivity index is 0.00000155. The summed E-state index contributed by atoms with van der Waals surface area (Å²) >= 11 is 0. The van der Waals surface area contributed by atoms with Crippen molar-refractivity contribution in [3.05, 3.63) is 77.4 Å². The molecule has 1 aliphatic rings. The lowest BCUT2D eigenvalue weighted by Gasteiger charge is -2.13. The summed E-state index contributed by atoms with van der Waals surface area (Å²) in [6.07, 6.45) is 8.75. The Hall–Kier alpha value is -3.01. The Bertz CT molecular complexity index is 880. The molecule has 0 saturated heterocycles. The zero-order chi connectivity index (χ0) is 21.8. The van der Waals surface area contributed by atoms with Crippen LogP contribution in [0.2, 0.25) is 0 Å². The average Bonchev–Trinajstić information content (AvgIpc) is 2.77. The van der Waals surface area contributed by atoms with E-state index in [1.54, 1.807) is 0 Å². The van der Waals surface area contributed by atoms with E-state index in [-0.39, 0.29) is 12.4 Å². The Morgan fingerprint density at radius 3 is 2.50 bits per heavy atom. The first kappa shape index (κ1) is 23.3. The summed E-state index contributed by atoms with van der Waals surface area (Å²) in [5.41, 5.74) is 3.23. The Labute approximate surface area is 180 Å². The zero-order valence-corrected chi connectivity index (χ0v) is 18.4. The molecule has 0 N–H and O–H groups in total. The molecule has 3 rings (SSSR count). The summed E-state index contributed by atoms with van der Waals surface area (Å²) < 4.78 is 16.9. The first-order valence-corrected chi connectivity index (χ1v) is 10.6. The third-order valence-corrected chi connectivity index (χ3v) is 4.52. The molecule has 0 atom stereocenters. The molecule has 0 spiro atoms. The van der Waals surface area contributed by atoms with E-state index in [0.29, 0.717) is 19.0 Å². The third kappa shape index (κ3) is 7.43. The van der Waals surface area contributed by atoms with E-state index in [2.05, 4.69) is 18.2 Å². The molecule has 0 bridgehead atoms. The van der Waals surface area contributed by atoms with Gasteiger partial charge in [0.25, 0.3) is 0 Å². The van der Waals surface area contributed by atoms with Crippen molar-refractivity contribution in [1.82, 2.24) is 0 Å². The van der Waals surface area contributed by atoms with Gasteiger partial charge >= 0.3 is 5.97 Å². The number of rotatable bonds is 8. The molecule has 30 heavy (non-hydrogen) atoms. The molecular weight excluding hydrogens is 376 g/mol. The van der Waals surface area contributed by atoms with Crippen LogP contribution in [0.3, 0.4) is 0 Å². The van der Waals surface area contributed by atoms with Crippen LogP contribution in [0.4, 0.5) is 0 Å². The molecule has 2 aromatic rings. The quantitative estimate of drug-likeness (QED) is 0.463. The maximum absolute atomic E-state index is 11.7. The smallest absolute Gasteiger partial charge is 0.310 e. The van der Waals surface area contributed by atoms with Gasteiger partial charge in [0.2, 0.25) is 0 Å². The summed E-state index contributed by atoms with van der Waals surface area (Å²) in [5, 5.41) is 0. The van der Waals surface area contributed by atoms with Crippen molar-refractivity contribution >= 4 is 5.97 Å². The second-order valence-electron chi connectivity index (χ2n) is 6.73. The number of esters is 1. The van der Waals surface area contributed by atoms with Gasteiger partial charge in [-0.1, -0.05) is 44.2 Å². The summed E-state index contributed by atoms with van der Waals surface area (Å²) in [4.78, 5) is 11.7. The second kappa shape index (κ2) is 12.5. The molecule has 0 saturated carbocycles. The molecular formula is C26H32O4. The standard InChI is InChI=1S/C24H26O4.C2H6/c1-3-26-24(25)15-20-12-13-23(14-18(20)2)28-22-11-7-10-21(16-22)27-17-19-8-5-4-6-9-19;1-2/h4-5,7-8,10-14,16H,3,6,9,15,17H2,1-2H3;1-2H3. The molecule has 1 aliphatic carbocycles. The van der Waals surface area contributed by atoms with Gasteiger partial charge in [-0.2, -0.15) is 0 Å². The molecule has 0 heterocycles. The lowest BCUT2D eigenvalue weighted by Crippen LogP contribution is -2.08. The third-order valence-electron chi connectivity index (χ3n) is 4.52. The molecule has 0 aromatic heterocycles. The molecule has 4 nitrogen and oxygen atoms in total. The Morgan fingerprint density at radius 2 is 1.80 bits per heavy atom. The molecule has 0 radical (unpaired) electrons. The lowest BCUT2D eigenvalue weighted by atomic mass is 10.1. The second-order valence-corrected chi connectivity index (χ2v) is 6.73. The van der Waals surface area contributed by atoms with Crippen molar-refractivity contribution in [2.24, 2.45) is 0 Å². The summed E-state index contributed by atoms with van der Waals surface area (Å²) in [6.45, 7) is 8.76. The largest absolute Gasteiger partial charge is 0.489 e. The predicted molar refractivity (Wildman–Crippen MR) is 121 cm³/mol. The number of carbonyl (C=O) groups excluding carboxylic acids is 1. The molecule has 0 unspecified atom stereocenters. The minimum Gasteiger partial charge on any atom is -0.489 e. The van der Waals surface area contributed by atoms with Crippen molar-refractivity contribution in [3.63, 3.8) is 0 Å². The maximum Gasteiger partial charge on any atom is 0.310 e. The van der Waals surface area contributed by atoms with E-state index in [0.717, 1.165) is 35.5 Å². The number of allylic oxidation sites excluding steroid dienone is 3. The van der Waals surface area contributed by atoms with Gasteiger partial charge in [-0.25, -0.2) is 0 Å². The summed E-state index contributed by atoms with van der Waals surface area (Å²) in [7, 11) is 0. The van der Waals surface area contributed by atoms with E-state index in [9.17, 15) is 4.79 Å². The SMILES string of the molecule is CC.CCOC(=O)Cc1ccc(Oc2cccc(OCC3=CC=CCC3)c2)cc1C. The van der Waals surface area contributed by atoms with Gasteiger partial charge in [0.15, 0.2) is 0 Å². The van der Waals surface area contributed by atoms with Crippen LogP contribution in [0, 0.1) is 6.92 Å². The predicted octanol–water partition coefficient (Wildman–Crippen LogP) is 6.57. The van der Waals surface area contributed by atoms with Crippen molar-refractivity contribution in [2.45, 2.75) is 47.0 Å². The van der Waals surface area contributed by atoms with Gasteiger partial charge in [0.05, 0.1) is 13.0 Å². The fourth-order valence-electron chi connectivity index (χ4n) is 3.01. The fraction of sp³-hybridized carbons (Fsp3) is 0.346. The molecule has 4 heteroatoms. The number of carbonyl (C=O) groups is 1. The molecule has 160 valence electrons. The highest BCUT2D eigenvalue weighted by Gasteiger charge is 2.09. The van der Waals surface area contributed by atoms with Gasteiger partial charge < -0.3 is 14.2 Å².